The monoisotopic (exact) mass is 342 g/mol. The predicted octanol–water partition coefficient (Wildman–Crippen LogP) is 1.17. The molecule has 0 radical (unpaired) electrons. The van der Waals surface area contributed by atoms with Crippen molar-refractivity contribution < 1.29 is 33.3 Å². The summed E-state index contributed by atoms with van der Waals surface area (Å²) in [4.78, 5) is 9.99. The van der Waals surface area contributed by atoms with Crippen LogP contribution in [0.1, 0.15) is 47.0 Å². The Bertz CT molecular complexity index is 384. The van der Waals surface area contributed by atoms with Crippen molar-refractivity contribution in [2.24, 2.45) is 0 Å². The molecular weight excluding hydrogens is 313 g/mol. The highest BCUT2D eigenvalue weighted by atomic mass is 31.2. The van der Waals surface area contributed by atoms with Crippen molar-refractivity contribution in [3.05, 3.63) is 0 Å². The number of rotatable bonds is 11. The Labute approximate surface area is 133 Å². The molecule has 0 aromatic heterocycles. The highest BCUT2D eigenvalue weighted by molar-refractivity contribution is 7.54. The van der Waals surface area contributed by atoms with E-state index >= 15 is 0 Å². The van der Waals surface area contributed by atoms with Gasteiger partial charge in [-0.15, -0.1) is 0 Å². The zero-order valence-electron chi connectivity index (χ0n) is 14.1. The summed E-state index contributed by atoms with van der Waals surface area (Å²) in [7, 11) is -2.73. The van der Waals surface area contributed by atoms with Gasteiger partial charge < -0.3 is 24.4 Å². The first-order chi connectivity index (χ1) is 9.94. The fourth-order valence-corrected chi connectivity index (χ4v) is 3.01. The summed E-state index contributed by atoms with van der Waals surface area (Å²) >= 11 is 0. The van der Waals surface area contributed by atoms with Crippen LogP contribution in [-0.2, 0) is 13.8 Å². The number of alkyl halides is 1. The molecule has 0 aromatic carbocycles. The first-order valence-corrected chi connectivity index (χ1v) is 9.15. The highest BCUT2D eigenvalue weighted by Gasteiger charge is 2.46. The average Bonchev–Trinajstić information content (AvgIpc) is 2.45. The first kappa shape index (κ1) is 22.0. The summed E-state index contributed by atoms with van der Waals surface area (Å²) in [6.45, 7) is 5.78. The number of halogens is 1. The molecule has 0 aliphatic carbocycles. The van der Waals surface area contributed by atoms with Crippen molar-refractivity contribution in [3.8, 4) is 0 Å². The maximum Gasteiger partial charge on any atom is 0.359 e. The van der Waals surface area contributed by atoms with Gasteiger partial charge in [-0.3, -0.25) is 4.57 Å². The minimum absolute atomic E-state index is 0.0775. The lowest BCUT2D eigenvalue weighted by atomic mass is 9.95. The molecule has 0 rings (SSSR count). The third-order valence-corrected chi connectivity index (χ3v) is 6.29. The number of aliphatic hydroxyl groups excluding tert-OH is 1. The van der Waals surface area contributed by atoms with Gasteiger partial charge in [-0.05, 0) is 33.1 Å². The minimum Gasteiger partial charge on any atom is -0.393 e. The first-order valence-electron chi connectivity index (χ1n) is 7.57. The maximum atomic E-state index is 13.2. The van der Waals surface area contributed by atoms with Crippen LogP contribution in [0.15, 0.2) is 0 Å². The molecular formula is C13H29BFO6P. The molecule has 22 heavy (non-hydrogen) atoms. The molecule has 0 saturated carbocycles. The molecule has 6 nitrogen and oxygen atoms in total. The van der Waals surface area contributed by atoms with Crippen LogP contribution in [0.25, 0.3) is 0 Å². The van der Waals surface area contributed by atoms with E-state index in [1.54, 1.807) is 20.8 Å². The highest BCUT2D eigenvalue weighted by Crippen LogP contribution is 2.58. The molecule has 132 valence electrons. The van der Waals surface area contributed by atoms with Crippen LogP contribution in [0, 0.1) is 0 Å². The molecule has 3 N–H and O–H groups in total. The third kappa shape index (κ3) is 6.26. The summed E-state index contributed by atoms with van der Waals surface area (Å²) in [5, 5.41) is 16.9. The van der Waals surface area contributed by atoms with Gasteiger partial charge in [0.1, 0.15) is 14.0 Å². The second-order valence-electron chi connectivity index (χ2n) is 6.01. The zero-order chi connectivity index (χ0) is 17.6. The molecule has 0 aliphatic rings. The van der Waals surface area contributed by atoms with E-state index in [4.69, 9.17) is 14.4 Å². The Morgan fingerprint density at radius 1 is 1.32 bits per heavy atom. The van der Waals surface area contributed by atoms with Crippen molar-refractivity contribution in [1.82, 2.24) is 0 Å². The zero-order valence-corrected chi connectivity index (χ0v) is 15.0. The van der Waals surface area contributed by atoms with E-state index in [9.17, 15) is 19.0 Å². The maximum absolute atomic E-state index is 13.2. The third-order valence-electron chi connectivity index (χ3n) is 4.07. The Kier molecular flexibility index (Phi) is 8.77. The molecule has 0 bridgehead atoms. The summed E-state index contributed by atoms with van der Waals surface area (Å²) in [6, 6.07) is -0.772. The van der Waals surface area contributed by atoms with E-state index in [0.717, 1.165) is 0 Å². The number of ether oxygens (including phenoxy) is 1. The Morgan fingerprint density at radius 2 is 1.86 bits per heavy atom. The number of hydrogen-bond donors (Lipinski definition) is 3. The number of aliphatic hydroxyl groups is 2. The summed E-state index contributed by atoms with van der Waals surface area (Å²) in [5.41, 5.74) is -0.978. The Morgan fingerprint density at radius 3 is 2.27 bits per heavy atom. The van der Waals surface area contributed by atoms with E-state index in [0.29, 0.717) is 6.42 Å². The van der Waals surface area contributed by atoms with Gasteiger partial charge in [0.25, 0.3) is 0 Å². The SMILES string of the molecule is B[C@H](OCCC(C)(CC)OP(=O)(O)C(C)(O)CC)[C@H](F)CO. The summed E-state index contributed by atoms with van der Waals surface area (Å²) in [5.74, 6) is 0. The molecule has 9 heteroatoms. The summed E-state index contributed by atoms with van der Waals surface area (Å²) < 4.78 is 36.0. The molecule has 0 saturated heterocycles. The van der Waals surface area contributed by atoms with Crippen LogP contribution in [0.5, 0.6) is 0 Å². The van der Waals surface area contributed by atoms with Crippen LogP contribution in [0.2, 0.25) is 0 Å². The van der Waals surface area contributed by atoms with Crippen LogP contribution < -0.4 is 0 Å². The van der Waals surface area contributed by atoms with Crippen molar-refractivity contribution in [2.75, 3.05) is 13.2 Å². The van der Waals surface area contributed by atoms with E-state index in [-0.39, 0.29) is 19.4 Å². The average molecular weight is 342 g/mol. The van der Waals surface area contributed by atoms with Gasteiger partial charge in [-0.1, -0.05) is 13.8 Å². The fourth-order valence-electron chi connectivity index (χ4n) is 1.60. The van der Waals surface area contributed by atoms with Gasteiger partial charge in [0.05, 0.1) is 18.2 Å². The smallest absolute Gasteiger partial charge is 0.359 e. The largest absolute Gasteiger partial charge is 0.393 e. The van der Waals surface area contributed by atoms with Crippen molar-refractivity contribution in [3.63, 3.8) is 0 Å². The normalized spacial score (nSPS) is 23.1. The second-order valence-corrected chi connectivity index (χ2v) is 8.20. The van der Waals surface area contributed by atoms with Gasteiger partial charge in [0.2, 0.25) is 0 Å². The number of hydrogen-bond acceptors (Lipinski definition) is 5. The van der Waals surface area contributed by atoms with E-state index < -0.39 is 37.3 Å². The lowest BCUT2D eigenvalue weighted by Gasteiger charge is -2.36. The molecule has 0 heterocycles. The van der Waals surface area contributed by atoms with E-state index in [2.05, 4.69) is 0 Å². The quantitative estimate of drug-likeness (QED) is 0.385. The van der Waals surface area contributed by atoms with Crippen molar-refractivity contribution in [1.29, 1.82) is 0 Å². The van der Waals surface area contributed by atoms with Crippen LogP contribution in [0.3, 0.4) is 0 Å². The van der Waals surface area contributed by atoms with Gasteiger partial charge in [-0.2, -0.15) is 0 Å². The second kappa shape index (κ2) is 8.76. The van der Waals surface area contributed by atoms with E-state index in [1.807, 2.05) is 0 Å². The van der Waals surface area contributed by atoms with Gasteiger partial charge in [0.15, 0.2) is 5.34 Å². The Balaban J connectivity index is 4.69. The molecule has 0 aromatic rings. The topological polar surface area (TPSA) is 96.2 Å². The fraction of sp³-hybridized carbons (Fsp3) is 1.00. The van der Waals surface area contributed by atoms with Gasteiger partial charge >= 0.3 is 7.60 Å². The van der Waals surface area contributed by atoms with Crippen LogP contribution in [-0.4, -0.2) is 59.3 Å². The molecule has 3 unspecified atom stereocenters. The van der Waals surface area contributed by atoms with Gasteiger partial charge in [0, 0.05) is 6.61 Å². The molecule has 0 fully saturated rings. The lowest BCUT2D eigenvalue weighted by Crippen LogP contribution is -2.35. The predicted molar refractivity (Wildman–Crippen MR) is 85.4 cm³/mol. The molecule has 5 atom stereocenters. The van der Waals surface area contributed by atoms with Crippen molar-refractivity contribution in [2.45, 2.75) is 70.1 Å². The molecule has 0 spiro atoms. The minimum atomic E-state index is -4.24. The summed E-state index contributed by atoms with van der Waals surface area (Å²) in [6.07, 6.45) is -0.711. The standard InChI is InChI=1S/C13H29BFO6P/c1-5-12(3,7-8-20-11(14)10(15)9-16)21-22(18,19)13(4,17)6-2/h10-11,16-17H,5-9,14H2,1-4H3,(H,18,19)/t10-,11-,12?,13?/m1/s1. The Hall–Kier alpha value is 0.0249. The van der Waals surface area contributed by atoms with Crippen molar-refractivity contribution >= 4 is 15.4 Å². The van der Waals surface area contributed by atoms with E-state index in [1.165, 1.54) is 14.8 Å². The molecule has 0 amide bonds. The van der Waals surface area contributed by atoms with Crippen LogP contribution >= 0.6 is 7.60 Å². The lowest BCUT2D eigenvalue weighted by molar-refractivity contribution is -0.0210. The van der Waals surface area contributed by atoms with Crippen LogP contribution in [0.4, 0.5) is 4.39 Å². The molecule has 0 aliphatic heterocycles. The van der Waals surface area contributed by atoms with Gasteiger partial charge in [-0.25, -0.2) is 4.39 Å².